The number of para-hydroxylation sites is 1. The van der Waals surface area contributed by atoms with Gasteiger partial charge in [0.15, 0.2) is 0 Å². The highest BCUT2D eigenvalue weighted by Gasteiger charge is 2.06. The molecular weight excluding hydrogens is 250 g/mol. The molecule has 0 unspecified atom stereocenters. The van der Waals surface area contributed by atoms with Crippen molar-refractivity contribution < 1.29 is 4.79 Å². The Morgan fingerprint density at radius 2 is 1.90 bits per heavy atom. The first-order valence-electron chi connectivity index (χ1n) is 6.69. The molecule has 1 aromatic carbocycles. The molecule has 0 aliphatic rings. The van der Waals surface area contributed by atoms with Gasteiger partial charge < -0.3 is 5.32 Å². The summed E-state index contributed by atoms with van der Waals surface area (Å²) in [5.41, 5.74) is 3.89. The normalized spacial score (nSPS) is 10.2. The molecule has 2 rings (SSSR count). The summed E-state index contributed by atoms with van der Waals surface area (Å²) in [5, 5.41) is 5.62. The summed E-state index contributed by atoms with van der Waals surface area (Å²) in [4.78, 5) is 16.3. The van der Waals surface area contributed by atoms with Crippen LogP contribution in [0.15, 0.2) is 36.4 Å². The predicted molar refractivity (Wildman–Crippen MR) is 82.2 cm³/mol. The molecular formula is C16H19N3O. The van der Waals surface area contributed by atoms with Crippen LogP contribution in [0, 0.1) is 13.8 Å². The van der Waals surface area contributed by atoms with Crippen molar-refractivity contribution in [3.8, 4) is 0 Å². The lowest BCUT2D eigenvalue weighted by Crippen LogP contribution is -2.21. The van der Waals surface area contributed by atoms with Gasteiger partial charge in [0, 0.05) is 11.4 Å². The molecule has 1 aromatic heterocycles. The molecule has 0 aliphatic heterocycles. The van der Waals surface area contributed by atoms with Crippen molar-refractivity contribution >= 4 is 17.5 Å². The fraction of sp³-hybridized carbons (Fsp3) is 0.250. The van der Waals surface area contributed by atoms with E-state index in [1.54, 1.807) is 0 Å². The number of nitrogens with one attached hydrogen (secondary N) is 2. The quantitative estimate of drug-likeness (QED) is 0.887. The molecule has 0 spiro atoms. The number of carbonyl (C=O) groups excluding carboxylic acids is 1. The summed E-state index contributed by atoms with van der Waals surface area (Å²) in [6, 6.07) is 11.3. The van der Waals surface area contributed by atoms with Crippen LogP contribution in [0.25, 0.3) is 0 Å². The molecule has 0 fully saturated rings. The summed E-state index contributed by atoms with van der Waals surface area (Å²) < 4.78 is 0. The van der Waals surface area contributed by atoms with Crippen LogP contribution in [0.5, 0.6) is 0 Å². The number of benzene rings is 1. The van der Waals surface area contributed by atoms with E-state index in [1.165, 1.54) is 0 Å². The molecule has 4 heteroatoms. The van der Waals surface area contributed by atoms with Crippen LogP contribution in [-0.2, 0) is 6.42 Å². The molecule has 1 heterocycles. The van der Waals surface area contributed by atoms with Gasteiger partial charge in [-0.25, -0.2) is 9.78 Å². The van der Waals surface area contributed by atoms with E-state index in [-0.39, 0.29) is 6.03 Å². The molecule has 0 radical (unpaired) electrons. The van der Waals surface area contributed by atoms with Gasteiger partial charge in [-0.2, -0.15) is 0 Å². The predicted octanol–water partition coefficient (Wildman–Crippen LogP) is 3.90. The van der Waals surface area contributed by atoms with Crippen LogP contribution < -0.4 is 10.6 Å². The number of urea groups is 1. The average molecular weight is 269 g/mol. The van der Waals surface area contributed by atoms with Crippen molar-refractivity contribution in [2.24, 2.45) is 0 Å². The van der Waals surface area contributed by atoms with Crippen LogP contribution in [0.2, 0.25) is 0 Å². The molecule has 0 saturated carbocycles. The summed E-state index contributed by atoms with van der Waals surface area (Å²) in [6.45, 7) is 5.94. The van der Waals surface area contributed by atoms with Crippen molar-refractivity contribution in [3.05, 3.63) is 53.2 Å². The van der Waals surface area contributed by atoms with Gasteiger partial charge in [-0.1, -0.05) is 25.1 Å². The van der Waals surface area contributed by atoms with E-state index in [1.807, 2.05) is 50.2 Å². The van der Waals surface area contributed by atoms with Gasteiger partial charge in [-0.15, -0.1) is 0 Å². The Morgan fingerprint density at radius 3 is 2.60 bits per heavy atom. The van der Waals surface area contributed by atoms with Crippen LogP contribution >= 0.6 is 0 Å². The Morgan fingerprint density at radius 1 is 1.15 bits per heavy atom. The summed E-state index contributed by atoms with van der Waals surface area (Å²) in [5.74, 6) is 0.564. The molecule has 2 aromatic rings. The topological polar surface area (TPSA) is 54.0 Å². The number of aryl methyl sites for hydroxylation is 3. The SMILES string of the molecule is CCc1ccccc1NC(=O)Nc1cc(C)cc(C)n1. The van der Waals surface area contributed by atoms with Gasteiger partial charge in [0.1, 0.15) is 5.82 Å². The number of rotatable bonds is 3. The highest BCUT2D eigenvalue weighted by Crippen LogP contribution is 2.16. The maximum atomic E-state index is 12.0. The van der Waals surface area contributed by atoms with Gasteiger partial charge in [-0.05, 0) is 49.6 Å². The zero-order valence-electron chi connectivity index (χ0n) is 12.0. The lowest BCUT2D eigenvalue weighted by molar-refractivity contribution is 0.262. The fourth-order valence-electron chi connectivity index (χ4n) is 2.13. The number of anilines is 2. The third-order valence-electron chi connectivity index (χ3n) is 2.99. The molecule has 0 atom stereocenters. The van der Waals surface area contributed by atoms with Gasteiger partial charge in [0.25, 0.3) is 0 Å². The largest absolute Gasteiger partial charge is 0.324 e. The summed E-state index contributed by atoms with van der Waals surface area (Å²) in [7, 11) is 0. The smallest absolute Gasteiger partial charge is 0.307 e. The van der Waals surface area contributed by atoms with Crippen molar-refractivity contribution in [2.45, 2.75) is 27.2 Å². The Balaban J connectivity index is 2.09. The standard InChI is InChI=1S/C16H19N3O/c1-4-13-7-5-6-8-14(13)18-16(20)19-15-10-11(2)9-12(3)17-15/h5-10H,4H2,1-3H3,(H2,17,18,19,20). The minimum atomic E-state index is -0.275. The molecule has 2 N–H and O–H groups in total. The van der Waals surface area contributed by atoms with E-state index in [0.29, 0.717) is 5.82 Å². The Hall–Kier alpha value is -2.36. The molecule has 4 nitrogen and oxygen atoms in total. The first-order chi connectivity index (χ1) is 9.58. The average Bonchev–Trinajstić information content (AvgIpc) is 2.37. The van der Waals surface area contributed by atoms with Crippen LogP contribution in [-0.4, -0.2) is 11.0 Å². The van der Waals surface area contributed by atoms with E-state index in [4.69, 9.17) is 0 Å². The van der Waals surface area contributed by atoms with Crippen molar-refractivity contribution in [1.29, 1.82) is 0 Å². The molecule has 0 aliphatic carbocycles. The molecule has 0 saturated heterocycles. The minimum absolute atomic E-state index is 0.275. The second kappa shape index (κ2) is 6.19. The number of nitrogens with zero attached hydrogens (tertiary/aromatic N) is 1. The van der Waals surface area contributed by atoms with E-state index < -0.39 is 0 Å². The summed E-state index contributed by atoms with van der Waals surface area (Å²) >= 11 is 0. The van der Waals surface area contributed by atoms with E-state index in [0.717, 1.165) is 28.9 Å². The number of carbonyl (C=O) groups is 1. The van der Waals surface area contributed by atoms with Gasteiger partial charge >= 0.3 is 6.03 Å². The first kappa shape index (κ1) is 14.1. The number of aromatic nitrogens is 1. The monoisotopic (exact) mass is 269 g/mol. The third-order valence-corrected chi connectivity index (χ3v) is 2.99. The van der Waals surface area contributed by atoms with Crippen LogP contribution in [0.1, 0.15) is 23.7 Å². The highest BCUT2D eigenvalue weighted by atomic mass is 16.2. The van der Waals surface area contributed by atoms with E-state index in [9.17, 15) is 4.79 Å². The molecule has 2 amide bonds. The zero-order valence-corrected chi connectivity index (χ0v) is 12.0. The Bertz CT molecular complexity index is 603. The second-order valence-corrected chi connectivity index (χ2v) is 4.76. The van der Waals surface area contributed by atoms with Crippen LogP contribution in [0.3, 0.4) is 0 Å². The fourth-order valence-corrected chi connectivity index (χ4v) is 2.13. The minimum Gasteiger partial charge on any atom is -0.307 e. The van der Waals surface area contributed by atoms with Crippen molar-refractivity contribution in [1.82, 2.24) is 4.98 Å². The number of hydrogen-bond acceptors (Lipinski definition) is 2. The second-order valence-electron chi connectivity index (χ2n) is 4.76. The Labute approximate surface area is 119 Å². The maximum absolute atomic E-state index is 12.0. The highest BCUT2D eigenvalue weighted by molar-refractivity contribution is 5.99. The molecule has 20 heavy (non-hydrogen) atoms. The number of pyridine rings is 1. The first-order valence-corrected chi connectivity index (χ1v) is 6.69. The number of amides is 2. The third kappa shape index (κ3) is 3.57. The summed E-state index contributed by atoms with van der Waals surface area (Å²) in [6.07, 6.45) is 0.873. The molecule has 0 bridgehead atoms. The van der Waals surface area contributed by atoms with Crippen LogP contribution in [0.4, 0.5) is 16.3 Å². The van der Waals surface area contributed by atoms with E-state index >= 15 is 0 Å². The van der Waals surface area contributed by atoms with Gasteiger partial charge in [0.2, 0.25) is 0 Å². The maximum Gasteiger partial charge on any atom is 0.324 e. The van der Waals surface area contributed by atoms with Crippen molar-refractivity contribution in [3.63, 3.8) is 0 Å². The lowest BCUT2D eigenvalue weighted by Gasteiger charge is -2.11. The number of hydrogen-bond donors (Lipinski definition) is 2. The van der Waals surface area contributed by atoms with E-state index in [2.05, 4.69) is 22.5 Å². The lowest BCUT2D eigenvalue weighted by atomic mass is 10.1. The van der Waals surface area contributed by atoms with Gasteiger partial charge in [0.05, 0.1) is 0 Å². The molecule has 104 valence electrons. The zero-order chi connectivity index (χ0) is 14.5. The van der Waals surface area contributed by atoms with Crippen molar-refractivity contribution in [2.75, 3.05) is 10.6 Å². The Kier molecular flexibility index (Phi) is 4.35. The van der Waals surface area contributed by atoms with Gasteiger partial charge in [-0.3, -0.25) is 5.32 Å².